The highest BCUT2D eigenvalue weighted by molar-refractivity contribution is 7.89. The second-order valence-corrected chi connectivity index (χ2v) is 8.63. The van der Waals surface area contributed by atoms with E-state index in [2.05, 4.69) is 4.98 Å². The zero-order chi connectivity index (χ0) is 19.0. The van der Waals surface area contributed by atoms with Crippen molar-refractivity contribution in [1.29, 1.82) is 0 Å². The van der Waals surface area contributed by atoms with Crippen molar-refractivity contribution in [3.8, 4) is 0 Å². The highest BCUT2D eigenvalue weighted by Gasteiger charge is 2.43. The third kappa shape index (κ3) is 3.18. The molecule has 0 aliphatic carbocycles. The fourth-order valence-corrected chi connectivity index (χ4v) is 5.49. The molecule has 3 heterocycles. The van der Waals surface area contributed by atoms with Gasteiger partial charge in [-0.25, -0.2) is 8.42 Å². The number of aliphatic hydroxyl groups is 1. The molecule has 3 aromatic rings. The Kier molecular flexibility index (Phi) is 4.59. The van der Waals surface area contributed by atoms with Gasteiger partial charge in [-0.15, -0.1) is 0 Å². The number of sulfonamides is 1. The summed E-state index contributed by atoms with van der Waals surface area (Å²) < 4.78 is 30.1. The monoisotopic (exact) mass is 383 g/mol. The molecule has 2 atom stereocenters. The van der Waals surface area contributed by atoms with Crippen LogP contribution < -0.4 is 0 Å². The van der Waals surface area contributed by atoms with E-state index in [9.17, 15) is 13.5 Å². The Balaban J connectivity index is 1.81. The number of hydrogen-bond donors (Lipinski definition) is 1. The molecule has 0 fully saturated rings. The van der Waals surface area contributed by atoms with Gasteiger partial charge in [0.05, 0.1) is 17.0 Å². The number of aliphatic hydroxyl groups excluding tert-OH is 1. The minimum absolute atomic E-state index is 0.176. The van der Waals surface area contributed by atoms with Gasteiger partial charge < -0.3 is 9.67 Å². The van der Waals surface area contributed by atoms with Gasteiger partial charge >= 0.3 is 0 Å². The predicted octanol–water partition coefficient (Wildman–Crippen LogP) is 2.27. The van der Waals surface area contributed by atoms with Gasteiger partial charge in [0.15, 0.2) is 0 Å². The summed E-state index contributed by atoms with van der Waals surface area (Å²) in [6.45, 7) is 0.186. The molecule has 0 radical (unpaired) electrons. The van der Waals surface area contributed by atoms with Crippen LogP contribution in [0.4, 0.5) is 0 Å². The first kappa shape index (κ1) is 17.9. The number of aryl methyl sites for hydroxylation is 1. The molecule has 0 amide bonds. The van der Waals surface area contributed by atoms with E-state index in [1.54, 1.807) is 48.8 Å². The quantitative estimate of drug-likeness (QED) is 0.750. The van der Waals surface area contributed by atoms with E-state index in [4.69, 9.17) is 0 Å². The first-order valence-electron chi connectivity index (χ1n) is 8.76. The lowest BCUT2D eigenvalue weighted by Gasteiger charge is -2.39. The topological polar surface area (TPSA) is 75.4 Å². The smallest absolute Gasteiger partial charge is 0.244 e. The van der Waals surface area contributed by atoms with Crippen LogP contribution in [0, 0.1) is 0 Å². The molecular formula is C20H21N3O3S. The molecule has 0 spiro atoms. The Bertz CT molecular complexity index is 1050. The Morgan fingerprint density at radius 2 is 1.81 bits per heavy atom. The Labute approximate surface area is 158 Å². The maximum atomic E-state index is 13.4. The van der Waals surface area contributed by atoms with E-state index in [-0.39, 0.29) is 11.4 Å². The third-order valence-electron chi connectivity index (χ3n) is 5.12. The van der Waals surface area contributed by atoms with E-state index in [0.29, 0.717) is 12.0 Å². The fourth-order valence-electron chi connectivity index (χ4n) is 3.64. The lowest BCUT2D eigenvalue weighted by Crippen LogP contribution is -2.48. The molecule has 140 valence electrons. The number of pyridine rings is 1. The van der Waals surface area contributed by atoms with Crippen molar-refractivity contribution in [1.82, 2.24) is 13.9 Å². The van der Waals surface area contributed by atoms with E-state index < -0.39 is 22.2 Å². The molecule has 1 N–H and O–H groups in total. The van der Waals surface area contributed by atoms with Crippen LogP contribution in [0.1, 0.15) is 22.9 Å². The Hall–Kier alpha value is -2.48. The highest BCUT2D eigenvalue weighted by atomic mass is 32.2. The van der Waals surface area contributed by atoms with Gasteiger partial charge in [0, 0.05) is 49.9 Å². The van der Waals surface area contributed by atoms with Gasteiger partial charge in [-0.1, -0.05) is 18.2 Å². The third-order valence-corrected chi connectivity index (χ3v) is 7.06. The van der Waals surface area contributed by atoms with Gasteiger partial charge in [0.25, 0.3) is 0 Å². The molecule has 0 bridgehead atoms. The minimum Gasteiger partial charge on any atom is -0.387 e. The normalized spacial score (nSPS) is 21.7. The van der Waals surface area contributed by atoms with Crippen LogP contribution in [0.15, 0.2) is 72.0 Å². The second kappa shape index (κ2) is 6.92. The number of nitrogens with zero attached hydrogens (tertiary/aromatic N) is 3. The number of hydrogen-bond acceptors (Lipinski definition) is 4. The summed E-state index contributed by atoms with van der Waals surface area (Å²) in [4.78, 5) is 4.17. The first-order valence-corrected chi connectivity index (χ1v) is 10.2. The van der Waals surface area contributed by atoms with Gasteiger partial charge in [0.1, 0.15) is 0 Å². The zero-order valence-corrected chi connectivity index (χ0v) is 15.7. The number of benzene rings is 1. The molecule has 7 heteroatoms. The summed E-state index contributed by atoms with van der Waals surface area (Å²) in [7, 11) is -1.82. The molecule has 4 rings (SSSR count). The SMILES string of the molecule is Cn1cccc1C[C@@H]1[C@@H](O)c2ccccc2S(=O)(=O)N1Cc1ccncc1. The average Bonchev–Trinajstić information content (AvgIpc) is 3.08. The Morgan fingerprint density at radius 1 is 1.07 bits per heavy atom. The van der Waals surface area contributed by atoms with E-state index >= 15 is 0 Å². The van der Waals surface area contributed by atoms with Crippen LogP contribution in [0.3, 0.4) is 0 Å². The minimum atomic E-state index is -3.74. The molecular weight excluding hydrogens is 362 g/mol. The van der Waals surface area contributed by atoms with Gasteiger partial charge in [0.2, 0.25) is 10.0 Å². The van der Waals surface area contributed by atoms with Crippen LogP contribution >= 0.6 is 0 Å². The molecule has 1 aliphatic rings. The molecule has 0 saturated carbocycles. The highest BCUT2D eigenvalue weighted by Crippen LogP contribution is 2.38. The van der Waals surface area contributed by atoms with Crippen molar-refractivity contribution in [2.45, 2.75) is 30.0 Å². The molecule has 2 aromatic heterocycles. The number of aromatic nitrogens is 2. The van der Waals surface area contributed by atoms with E-state index in [1.807, 2.05) is 29.9 Å². The molecule has 1 aromatic carbocycles. The average molecular weight is 383 g/mol. The van der Waals surface area contributed by atoms with Gasteiger partial charge in [-0.2, -0.15) is 4.31 Å². The summed E-state index contributed by atoms with van der Waals surface area (Å²) in [5.74, 6) is 0. The summed E-state index contributed by atoms with van der Waals surface area (Å²) in [5, 5.41) is 11.1. The fraction of sp³-hybridized carbons (Fsp3) is 0.250. The van der Waals surface area contributed by atoms with Crippen LogP contribution in [0.2, 0.25) is 0 Å². The maximum Gasteiger partial charge on any atom is 0.244 e. The summed E-state index contributed by atoms with van der Waals surface area (Å²) >= 11 is 0. The molecule has 0 unspecified atom stereocenters. The lowest BCUT2D eigenvalue weighted by atomic mass is 9.97. The molecule has 6 nitrogen and oxygen atoms in total. The van der Waals surface area contributed by atoms with Crippen LogP contribution in [0.5, 0.6) is 0 Å². The summed E-state index contributed by atoms with van der Waals surface area (Å²) in [6.07, 6.45) is 4.72. The first-order chi connectivity index (χ1) is 13.0. The Morgan fingerprint density at radius 3 is 2.52 bits per heavy atom. The van der Waals surface area contributed by atoms with Crippen molar-refractivity contribution in [3.63, 3.8) is 0 Å². The van der Waals surface area contributed by atoms with E-state index in [0.717, 1.165) is 11.3 Å². The lowest BCUT2D eigenvalue weighted by molar-refractivity contribution is 0.0761. The summed E-state index contributed by atoms with van der Waals surface area (Å²) in [6, 6.07) is 13.6. The number of rotatable bonds is 4. The van der Waals surface area contributed by atoms with E-state index in [1.165, 1.54) is 4.31 Å². The standard InChI is InChI=1S/C20H21N3O3S/c1-22-12-4-5-16(22)13-18-20(24)17-6-2-3-7-19(17)27(25,26)23(18)14-15-8-10-21-11-9-15/h2-12,18,20,24H,13-14H2,1H3/t18-,20+/m1/s1. The molecule has 0 saturated heterocycles. The van der Waals surface area contributed by atoms with Gasteiger partial charge in [-0.3, -0.25) is 4.98 Å². The van der Waals surface area contributed by atoms with Crippen molar-refractivity contribution >= 4 is 10.0 Å². The van der Waals surface area contributed by atoms with Crippen molar-refractivity contribution in [2.24, 2.45) is 7.05 Å². The summed E-state index contributed by atoms with van der Waals surface area (Å²) in [5.41, 5.74) is 2.26. The maximum absolute atomic E-state index is 13.4. The van der Waals surface area contributed by atoms with Crippen molar-refractivity contribution in [3.05, 3.63) is 83.9 Å². The number of fused-ring (bicyclic) bond motifs is 1. The molecule has 1 aliphatic heterocycles. The molecule has 27 heavy (non-hydrogen) atoms. The van der Waals surface area contributed by atoms with Crippen LogP contribution in [0.25, 0.3) is 0 Å². The second-order valence-electron chi connectivity index (χ2n) is 6.77. The van der Waals surface area contributed by atoms with Gasteiger partial charge in [-0.05, 0) is 35.9 Å². The van der Waals surface area contributed by atoms with Crippen molar-refractivity contribution in [2.75, 3.05) is 0 Å². The van der Waals surface area contributed by atoms with Crippen molar-refractivity contribution < 1.29 is 13.5 Å². The van der Waals surface area contributed by atoms with Crippen LogP contribution in [-0.2, 0) is 30.0 Å². The largest absolute Gasteiger partial charge is 0.387 e. The van der Waals surface area contributed by atoms with Crippen LogP contribution in [-0.4, -0.2) is 33.4 Å². The predicted molar refractivity (Wildman–Crippen MR) is 101 cm³/mol. The zero-order valence-electron chi connectivity index (χ0n) is 14.9.